The number of fused-ring (bicyclic) bond motifs is 1. The first kappa shape index (κ1) is 13.6. The van der Waals surface area contributed by atoms with Gasteiger partial charge in [0.05, 0.1) is 11.2 Å². The van der Waals surface area contributed by atoms with Crippen LogP contribution in [0.15, 0.2) is 54.6 Å². The summed E-state index contributed by atoms with van der Waals surface area (Å²) in [6.07, 6.45) is 0. The third kappa shape index (κ3) is 2.59. The van der Waals surface area contributed by atoms with Gasteiger partial charge in [-0.3, -0.25) is 0 Å². The number of benzene rings is 2. The lowest BCUT2D eigenvalue weighted by atomic mass is 10.2. The van der Waals surface area contributed by atoms with Crippen LogP contribution in [0.2, 0.25) is 0 Å². The molecule has 0 aliphatic heterocycles. The predicted octanol–water partition coefficient (Wildman–Crippen LogP) is 4.51. The van der Waals surface area contributed by atoms with Crippen LogP contribution in [0.3, 0.4) is 0 Å². The van der Waals surface area contributed by atoms with Crippen molar-refractivity contribution >= 4 is 10.9 Å². The zero-order valence-electron chi connectivity index (χ0n) is 12.3. The zero-order valence-corrected chi connectivity index (χ0v) is 12.3. The number of ether oxygens (including phenoxy) is 1. The summed E-state index contributed by atoms with van der Waals surface area (Å²) in [7, 11) is 0. The van der Waals surface area contributed by atoms with Gasteiger partial charge in [-0.1, -0.05) is 30.3 Å². The highest BCUT2D eigenvalue weighted by Crippen LogP contribution is 2.31. The molecule has 2 aromatic carbocycles. The van der Waals surface area contributed by atoms with E-state index in [-0.39, 0.29) is 6.04 Å². The number of aromatic nitrogens is 1. The molecule has 0 saturated heterocycles. The van der Waals surface area contributed by atoms with Gasteiger partial charge in [-0.2, -0.15) is 0 Å². The Labute approximate surface area is 124 Å². The van der Waals surface area contributed by atoms with Crippen LogP contribution in [0.4, 0.5) is 0 Å². The summed E-state index contributed by atoms with van der Waals surface area (Å²) in [5, 5.41) is 11.2. The van der Waals surface area contributed by atoms with E-state index in [1.165, 1.54) is 0 Å². The summed E-state index contributed by atoms with van der Waals surface area (Å²) in [5.74, 6) is 1.16. The minimum atomic E-state index is 0.255. The van der Waals surface area contributed by atoms with Crippen LogP contribution in [0.5, 0.6) is 11.5 Å². The Morgan fingerprint density at radius 3 is 2.52 bits per heavy atom. The summed E-state index contributed by atoms with van der Waals surface area (Å²) in [5.41, 5.74) is 1.93. The molecule has 0 saturated carbocycles. The summed E-state index contributed by atoms with van der Waals surface area (Å²) in [6, 6.07) is 17.7. The minimum absolute atomic E-state index is 0.255. The van der Waals surface area contributed by atoms with E-state index in [2.05, 4.69) is 24.5 Å². The molecule has 1 aromatic heterocycles. The van der Waals surface area contributed by atoms with E-state index in [0.717, 1.165) is 22.3 Å². The van der Waals surface area contributed by atoms with Crippen molar-refractivity contribution < 1.29 is 9.84 Å². The molecular formula is C18H19NO2. The predicted molar refractivity (Wildman–Crippen MR) is 84.8 cm³/mol. The summed E-state index contributed by atoms with van der Waals surface area (Å²) in [6.45, 7) is 4.70. The Morgan fingerprint density at radius 2 is 1.81 bits per heavy atom. The number of nitrogens with zero attached hydrogens (tertiary/aromatic N) is 1. The molecule has 0 unspecified atom stereocenters. The summed E-state index contributed by atoms with van der Waals surface area (Å²) in [4.78, 5) is 0. The van der Waals surface area contributed by atoms with Crippen LogP contribution in [0.1, 0.15) is 25.6 Å². The topological polar surface area (TPSA) is 34.4 Å². The summed E-state index contributed by atoms with van der Waals surface area (Å²) < 4.78 is 7.98. The first-order valence-electron chi connectivity index (χ1n) is 7.16. The average molecular weight is 281 g/mol. The van der Waals surface area contributed by atoms with E-state index in [1.807, 2.05) is 42.5 Å². The second-order valence-electron chi connectivity index (χ2n) is 5.42. The number of phenolic OH excluding ortho intramolecular Hbond substituents is 1. The maximum atomic E-state index is 10.1. The maximum absolute atomic E-state index is 10.1. The van der Waals surface area contributed by atoms with Gasteiger partial charge in [0.15, 0.2) is 0 Å². The lowest BCUT2D eigenvalue weighted by Gasteiger charge is -2.15. The van der Waals surface area contributed by atoms with Crippen LogP contribution >= 0.6 is 0 Å². The highest BCUT2D eigenvalue weighted by Gasteiger charge is 2.14. The fraction of sp³-hybridized carbons (Fsp3) is 0.222. The molecule has 3 rings (SSSR count). The van der Waals surface area contributed by atoms with Gasteiger partial charge in [-0.05, 0) is 38.1 Å². The normalized spacial score (nSPS) is 11.2. The van der Waals surface area contributed by atoms with Crippen molar-refractivity contribution in [2.75, 3.05) is 0 Å². The Hall–Kier alpha value is -2.42. The first-order valence-corrected chi connectivity index (χ1v) is 7.16. The molecule has 0 spiro atoms. The lowest BCUT2D eigenvalue weighted by Crippen LogP contribution is -2.08. The number of phenols is 1. The Morgan fingerprint density at radius 1 is 1.05 bits per heavy atom. The van der Waals surface area contributed by atoms with Crippen LogP contribution in [0, 0.1) is 0 Å². The van der Waals surface area contributed by atoms with E-state index >= 15 is 0 Å². The van der Waals surface area contributed by atoms with E-state index < -0.39 is 0 Å². The molecule has 0 amide bonds. The molecule has 1 heterocycles. The molecule has 3 heteroatoms. The Balaban J connectivity index is 1.98. The molecule has 0 aliphatic rings. The highest BCUT2D eigenvalue weighted by atomic mass is 16.5. The van der Waals surface area contributed by atoms with Crippen molar-refractivity contribution in [1.29, 1.82) is 0 Å². The standard InChI is InChI=1S/C18H19NO2/c1-13(2)19-15(12-21-16-8-4-3-5-9-16)11-14-7-6-10-17(20)18(14)19/h3-11,13,20H,12H2,1-2H3. The van der Waals surface area contributed by atoms with Crippen LogP contribution < -0.4 is 4.74 Å². The smallest absolute Gasteiger partial charge is 0.139 e. The average Bonchev–Trinajstić information content (AvgIpc) is 2.86. The largest absolute Gasteiger partial charge is 0.506 e. The van der Waals surface area contributed by atoms with Crippen molar-refractivity contribution in [2.45, 2.75) is 26.5 Å². The fourth-order valence-electron chi connectivity index (χ4n) is 2.70. The Kier molecular flexibility index (Phi) is 3.57. The van der Waals surface area contributed by atoms with Gasteiger partial charge in [-0.25, -0.2) is 0 Å². The molecule has 1 N–H and O–H groups in total. The van der Waals surface area contributed by atoms with Crippen LogP contribution in [-0.4, -0.2) is 9.67 Å². The molecule has 21 heavy (non-hydrogen) atoms. The monoisotopic (exact) mass is 281 g/mol. The molecule has 0 aliphatic carbocycles. The molecule has 3 aromatic rings. The fourth-order valence-corrected chi connectivity index (χ4v) is 2.70. The minimum Gasteiger partial charge on any atom is -0.506 e. The number of hydrogen-bond donors (Lipinski definition) is 1. The molecule has 0 fully saturated rings. The molecule has 3 nitrogen and oxygen atoms in total. The first-order chi connectivity index (χ1) is 10.2. The second-order valence-corrected chi connectivity index (χ2v) is 5.42. The second kappa shape index (κ2) is 5.52. The molecule has 108 valence electrons. The van der Waals surface area contributed by atoms with E-state index in [1.54, 1.807) is 6.07 Å². The van der Waals surface area contributed by atoms with Crippen molar-refractivity contribution in [3.05, 3.63) is 60.3 Å². The maximum Gasteiger partial charge on any atom is 0.139 e. The number of para-hydroxylation sites is 2. The van der Waals surface area contributed by atoms with Crippen molar-refractivity contribution in [3.63, 3.8) is 0 Å². The van der Waals surface area contributed by atoms with Gasteiger partial charge in [0.1, 0.15) is 18.1 Å². The highest BCUT2D eigenvalue weighted by molar-refractivity contribution is 5.86. The molecule has 0 bridgehead atoms. The summed E-state index contributed by atoms with van der Waals surface area (Å²) >= 11 is 0. The van der Waals surface area contributed by atoms with Gasteiger partial charge in [0, 0.05) is 11.4 Å². The van der Waals surface area contributed by atoms with Gasteiger partial charge in [0.2, 0.25) is 0 Å². The van der Waals surface area contributed by atoms with Crippen molar-refractivity contribution in [2.24, 2.45) is 0 Å². The van der Waals surface area contributed by atoms with E-state index in [4.69, 9.17) is 4.74 Å². The molecule has 0 atom stereocenters. The van der Waals surface area contributed by atoms with Gasteiger partial charge < -0.3 is 14.4 Å². The van der Waals surface area contributed by atoms with Crippen molar-refractivity contribution in [1.82, 2.24) is 4.57 Å². The van der Waals surface area contributed by atoms with E-state index in [0.29, 0.717) is 12.4 Å². The third-order valence-corrected chi connectivity index (χ3v) is 3.56. The third-order valence-electron chi connectivity index (χ3n) is 3.56. The Bertz CT molecular complexity index is 745. The lowest BCUT2D eigenvalue weighted by molar-refractivity contribution is 0.293. The van der Waals surface area contributed by atoms with Gasteiger partial charge in [0.25, 0.3) is 0 Å². The SMILES string of the molecule is CC(C)n1c(COc2ccccc2)cc2cccc(O)c21. The molecular weight excluding hydrogens is 262 g/mol. The van der Waals surface area contributed by atoms with Crippen LogP contribution in [0.25, 0.3) is 10.9 Å². The van der Waals surface area contributed by atoms with Gasteiger partial charge in [-0.15, -0.1) is 0 Å². The van der Waals surface area contributed by atoms with Crippen molar-refractivity contribution in [3.8, 4) is 11.5 Å². The number of aromatic hydroxyl groups is 1. The molecule has 0 radical (unpaired) electrons. The van der Waals surface area contributed by atoms with Crippen LogP contribution in [-0.2, 0) is 6.61 Å². The number of rotatable bonds is 4. The van der Waals surface area contributed by atoms with Gasteiger partial charge >= 0.3 is 0 Å². The van der Waals surface area contributed by atoms with E-state index in [9.17, 15) is 5.11 Å². The number of hydrogen-bond acceptors (Lipinski definition) is 2. The zero-order chi connectivity index (χ0) is 14.8. The quantitative estimate of drug-likeness (QED) is 0.763.